The number of nitrogens with zero attached hydrogens (tertiary/aromatic N) is 3. The molecule has 4 heteroatoms. The number of aromatic nitrogens is 2. The van der Waals surface area contributed by atoms with E-state index in [2.05, 4.69) is 37.6 Å². The van der Waals surface area contributed by atoms with E-state index in [0.29, 0.717) is 11.7 Å². The predicted octanol–water partition coefficient (Wildman–Crippen LogP) is 3.12. The molecule has 102 valence electrons. The van der Waals surface area contributed by atoms with Crippen LogP contribution in [0.2, 0.25) is 0 Å². The van der Waals surface area contributed by atoms with Crippen molar-refractivity contribution in [2.75, 3.05) is 23.7 Å². The largest absolute Gasteiger partial charge is 0.383 e. The van der Waals surface area contributed by atoms with E-state index in [0.717, 1.165) is 43.1 Å². The molecule has 0 fully saturated rings. The summed E-state index contributed by atoms with van der Waals surface area (Å²) >= 11 is 0. The third-order valence-corrected chi connectivity index (χ3v) is 2.98. The Hall–Kier alpha value is -1.32. The Bertz CT molecular complexity index is 382. The molecule has 1 heterocycles. The molecule has 0 bridgehead atoms. The van der Waals surface area contributed by atoms with Crippen molar-refractivity contribution in [1.82, 2.24) is 9.97 Å². The summed E-state index contributed by atoms with van der Waals surface area (Å²) in [5.74, 6) is 2.76. The van der Waals surface area contributed by atoms with Gasteiger partial charge >= 0.3 is 0 Å². The van der Waals surface area contributed by atoms with Crippen LogP contribution in [0.3, 0.4) is 0 Å². The molecule has 0 spiro atoms. The van der Waals surface area contributed by atoms with Crippen LogP contribution in [0.5, 0.6) is 0 Å². The van der Waals surface area contributed by atoms with E-state index >= 15 is 0 Å². The van der Waals surface area contributed by atoms with E-state index in [9.17, 15) is 0 Å². The molecule has 2 N–H and O–H groups in total. The van der Waals surface area contributed by atoms with Crippen LogP contribution in [0.25, 0.3) is 0 Å². The third kappa shape index (κ3) is 3.34. The fraction of sp³-hybridized carbons (Fsp3) is 0.714. The Balaban J connectivity index is 3.18. The van der Waals surface area contributed by atoms with Gasteiger partial charge in [-0.2, -0.15) is 0 Å². The highest BCUT2D eigenvalue weighted by Crippen LogP contribution is 2.24. The van der Waals surface area contributed by atoms with Crippen molar-refractivity contribution >= 4 is 11.6 Å². The SMILES string of the molecule is CCCN(CCC)c1nc(C(C)C)nc(N)c1C. The van der Waals surface area contributed by atoms with Gasteiger partial charge in [0.1, 0.15) is 17.5 Å². The summed E-state index contributed by atoms with van der Waals surface area (Å²) < 4.78 is 0. The summed E-state index contributed by atoms with van der Waals surface area (Å²) in [7, 11) is 0. The van der Waals surface area contributed by atoms with E-state index in [1.165, 1.54) is 0 Å². The first-order valence-corrected chi connectivity index (χ1v) is 6.90. The monoisotopic (exact) mass is 250 g/mol. The van der Waals surface area contributed by atoms with Crippen LogP contribution in [0.1, 0.15) is 57.8 Å². The first-order valence-electron chi connectivity index (χ1n) is 6.90. The van der Waals surface area contributed by atoms with Crippen molar-refractivity contribution in [3.8, 4) is 0 Å². The van der Waals surface area contributed by atoms with Gasteiger partial charge in [0.25, 0.3) is 0 Å². The number of hydrogen-bond acceptors (Lipinski definition) is 4. The minimum Gasteiger partial charge on any atom is -0.383 e. The fourth-order valence-corrected chi connectivity index (χ4v) is 1.97. The molecule has 1 aromatic heterocycles. The highest BCUT2D eigenvalue weighted by atomic mass is 15.2. The fourth-order valence-electron chi connectivity index (χ4n) is 1.97. The van der Waals surface area contributed by atoms with Crippen LogP contribution >= 0.6 is 0 Å². The highest BCUT2D eigenvalue weighted by molar-refractivity contribution is 5.56. The molecule has 0 saturated carbocycles. The van der Waals surface area contributed by atoms with E-state index < -0.39 is 0 Å². The molecule has 0 atom stereocenters. The highest BCUT2D eigenvalue weighted by Gasteiger charge is 2.15. The zero-order chi connectivity index (χ0) is 13.7. The number of anilines is 2. The Kier molecular flexibility index (Phi) is 5.38. The normalized spacial score (nSPS) is 11.0. The topological polar surface area (TPSA) is 55.0 Å². The van der Waals surface area contributed by atoms with Gasteiger partial charge < -0.3 is 10.6 Å². The molecule has 0 aliphatic carbocycles. The van der Waals surface area contributed by atoms with Crippen LogP contribution in [0.15, 0.2) is 0 Å². The minimum absolute atomic E-state index is 0.303. The van der Waals surface area contributed by atoms with Gasteiger partial charge in [-0.1, -0.05) is 27.7 Å². The summed E-state index contributed by atoms with van der Waals surface area (Å²) in [6, 6.07) is 0. The first kappa shape index (κ1) is 14.7. The molecule has 18 heavy (non-hydrogen) atoms. The van der Waals surface area contributed by atoms with Gasteiger partial charge in [0.05, 0.1) is 0 Å². The van der Waals surface area contributed by atoms with E-state index in [1.54, 1.807) is 0 Å². The lowest BCUT2D eigenvalue weighted by atomic mass is 10.2. The van der Waals surface area contributed by atoms with Gasteiger partial charge in [0.2, 0.25) is 0 Å². The molecule has 0 aliphatic heterocycles. The van der Waals surface area contributed by atoms with Crippen LogP contribution in [0.4, 0.5) is 11.6 Å². The molecule has 0 unspecified atom stereocenters. The van der Waals surface area contributed by atoms with Crippen molar-refractivity contribution < 1.29 is 0 Å². The molecule has 1 rings (SSSR count). The summed E-state index contributed by atoms with van der Waals surface area (Å²) in [5, 5.41) is 0. The second kappa shape index (κ2) is 6.57. The van der Waals surface area contributed by atoms with E-state index in [4.69, 9.17) is 10.7 Å². The van der Waals surface area contributed by atoms with Crippen molar-refractivity contribution in [2.24, 2.45) is 0 Å². The van der Waals surface area contributed by atoms with Gasteiger partial charge in [-0.25, -0.2) is 9.97 Å². The molecular weight excluding hydrogens is 224 g/mol. The molecule has 0 amide bonds. The smallest absolute Gasteiger partial charge is 0.137 e. The Labute approximate surface area is 111 Å². The predicted molar refractivity (Wildman–Crippen MR) is 78.1 cm³/mol. The van der Waals surface area contributed by atoms with Crippen LogP contribution in [-0.4, -0.2) is 23.1 Å². The lowest BCUT2D eigenvalue weighted by Crippen LogP contribution is -2.28. The maximum atomic E-state index is 6.01. The molecular formula is C14H26N4. The molecule has 1 aromatic rings. The maximum Gasteiger partial charge on any atom is 0.137 e. The minimum atomic E-state index is 0.303. The average molecular weight is 250 g/mol. The van der Waals surface area contributed by atoms with E-state index in [1.807, 2.05) is 6.92 Å². The average Bonchev–Trinajstić information content (AvgIpc) is 2.32. The molecule has 0 radical (unpaired) electrons. The Morgan fingerprint density at radius 3 is 2.11 bits per heavy atom. The van der Waals surface area contributed by atoms with Crippen molar-refractivity contribution in [1.29, 1.82) is 0 Å². The van der Waals surface area contributed by atoms with Crippen LogP contribution < -0.4 is 10.6 Å². The summed E-state index contributed by atoms with van der Waals surface area (Å²) in [5.41, 5.74) is 7.01. The Morgan fingerprint density at radius 2 is 1.67 bits per heavy atom. The van der Waals surface area contributed by atoms with Crippen molar-refractivity contribution in [2.45, 2.75) is 53.4 Å². The molecule has 0 aromatic carbocycles. The number of hydrogen-bond donors (Lipinski definition) is 1. The standard InChI is InChI=1S/C14H26N4/c1-6-8-18(9-7-2)14-11(5)12(15)16-13(17-14)10(3)4/h10H,6-9H2,1-5H3,(H2,15,16,17). The summed E-state index contributed by atoms with van der Waals surface area (Å²) in [4.78, 5) is 11.4. The first-order chi connectivity index (χ1) is 8.51. The molecule has 4 nitrogen and oxygen atoms in total. The van der Waals surface area contributed by atoms with Gasteiger partial charge in [0, 0.05) is 24.6 Å². The molecule has 0 aliphatic rings. The summed E-state index contributed by atoms with van der Waals surface area (Å²) in [6.45, 7) is 12.6. The maximum absolute atomic E-state index is 6.01. The number of nitrogen functional groups attached to an aromatic ring is 1. The van der Waals surface area contributed by atoms with Crippen molar-refractivity contribution in [3.63, 3.8) is 0 Å². The van der Waals surface area contributed by atoms with Crippen LogP contribution in [-0.2, 0) is 0 Å². The van der Waals surface area contributed by atoms with Crippen molar-refractivity contribution in [3.05, 3.63) is 11.4 Å². The molecule has 0 saturated heterocycles. The lowest BCUT2D eigenvalue weighted by molar-refractivity contribution is 0.711. The van der Waals surface area contributed by atoms with Gasteiger partial charge in [-0.3, -0.25) is 0 Å². The zero-order valence-corrected chi connectivity index (χ0v) is 12.3. The third-order valence-electron chi connectivity index (χ3n) is 2.98. The number of rotatable bonds is 6. The van der Waals surface area contributed by atoms with E-state index in [-0.39, 0.29) is 0 Å². The summed E-state index contributed by atoms with van der Waals surface area (Å²) in [6.07, 6.45) is 2.22. The second-order valence-corrected chi connectivity index (χ2v) is 5.06. The lowest BCUT2D eigenvalue weighted by Gasteiger charge is -2.25. The van der Waals surface area contributed by atoms with Gasteiger partial charge in [-0.05, 0) is 19.8 Å². The zero-order valence-electron chi connectivity index (χ0n) is 12.3. The number of nitrogens with two attached hydrogens (primary N) is 1. The second-order valence-electron chi connectivity index (χ2n) is 5.06. The van der Waals surface area contributed by atoms with Gasteiger partial charge in [-0.15, -0.1) is 0 Å². The Morgan fingerprint density at radius 1 is 1.11 bits per heavy atom. The van der Waals surface area contributed by atoms with Crippen LogP contribution in [0, 0.1) is 6.92 Å². The van der Waals surface area contributed by atoms with Gasteiger partial charge in [0.15, 0.2) is 0 Å². The quantitative estimate of drug-likeness (QED) is 0.842.